The molecule has 0 radical (unpaired) electrons. The quantitative estimate of drug-likeness (QED) is 0.630. The highest BCUT2D eigenvalue weighted by molar-refractivity contribution is 5.87. The highest BCUT2D eigenvalue weighted by atomic mass is 14.9. The summed E-state index contributed by atoms with van der Waals surface area (Å²) in [5.74, 6) is 0.704. The van der Waals surface area contributed by atoms with Gasteiger partial charge in [-0.2, -0.15) is 0 Å². The summed E-state index contributed by atoms with van der Waals surface area (Å²) < 4.78 is 0. The first-order valence-electron chi connectivity index (χ1n) is 6.25. The minimum absolute atomic E-state index is 0.0649. The molecule has 18 heavy (non-hydrogen) atoms. The van der Waals surface area contributed by atoms with Gasteiger partial charge in [0.2, 0.25) is 0 Å². The van der Waals surface area contributed by atoms with Gasteiger partial charge in [0.25, 0.3) is 0 Å². The Hall–Kier alpha value is -1.83. The minimum Gasteiger partial charge on any atom is -0.387 e. The number of nitrogens with zero attached hydrogens (tertiary/aromatic N) is 1. The maximum atomic E-state index is 5.99. The molecule has 2 heteroatoms. The molecule has 0 atom stereocenters. The van der Waals surface area contributed by atoms with Crippen LogP contribution in [0.3, 0.4) is 0 Å². The molecule has 0 aliphatic heterocycles. The average Bonchev–Trinajstić information content (AvgIpc) is 2.34. The van der Waals surface area contributed by atoms with E-state index in [2.05, 4.69) is 68.2 Å². The molecule has 2 aromatic rings. The summed E-state index contributed by atoms with van der Waals surface area (Å²) in [7, 11) is 0. The molecule has 0 aromatic heterocycles. The third-order valence-corrected chi connectivity index (χ3v) is 3.07. The molecular formula is C16H20N2. The first-order chi connectivity index (χ1) is 8.48. The Labute approximate surface area is 109 Å². The van der Waals surface area contributed by atoms with Crippen molar-refractivity contribution in [2.75, 3.05) is 0 Å². The normalized spacial score (nSPS) is 12.9. The van der Waals surface area contributed by atoms with Crippen molar-refractivity contribution in [1.82, 2.24) is 0 Å². The number of rotatable bonds is 2. The van der Waals surface area contributed by atoms with Gasteiger partial charge in [-0.25, -0.2) is 0 Å². The van der Waals surface area contributed by atoms with Crippen molar-refractivity contribution in [3.8, 4) is 0 Å². The topological polar surface area (TPSA) is 38.4 Å². The fourth-order valence-corrected chi connectivity index (χ4v) is 1.84. The zero-order chi connectivity index (χ0) is 13.2. The van der Waals surface area contributed by atoms with Gasteiger partial charge in [-0.15, -0.1) is 0 Å². The maximum absolute atomic E-state index is 5.99. The molecule has 0 saturated carbocycles. The number of hydrogen-bond donors (Lipinski definition) is 1. The second-order valence-corrected chi connectivity index (χ2v) is 5.59. The third kappa shape index (κ3) is 2.70. The second-order valence-electron chi connectivity index (χ2n) is 5.59. The Bertz CT molecular complexity index is 572. The number of benzene rings is 2. The van der Waals surface area contributed by atoms with Crippen molar-refractivity contribution < 1.29 is 0 Å². The van der Waals surface area contributed by atoms with Gasteiger partial charge >= 0.3 is 0 Å². The molecular weight excluding hydrogens is 220 g/mol. The highest BCUT2D eigenvalue weighted by Gasteiger charge is 2.14. The van der Waals surface area contributed by atoms with E-state index in [-0.39, 0.29) is 5.41 Å². The van der Waals surface area contributed by atoms with Crippen molar-refractivity contribution >= 4 is 16.6 Å². The largest absolute Gasteiger partial charge is 0.387 e. The van der Waals surface area contributed by atoms with E-state index in [9.17, 15) is 0 Å². The fourth-order valence-electron chi connectivity index (χ4n) is 1.84. The van der Waals surface area contributed by atoms with Crippen LogP contribution in [0, 0.1) is 5.41 Å². The van der Waals surface area contributed by atoms with Crippen LogP contribution in [0.1, 0.15) is 26.3 Å². The van der Waals surface area contributed by atoms with Crippen LogP contribution in [0.4, 0.5) is 0 Å². The first-order valence-corrected chi connectivity index (χ1v) is 6.25. The summed E-state index contributed by atoms with van der Waals surface area (Å²) in [4.78, 5) is 4.51. The van der Waals surface area contributed by atoms with Gasteiger partial charge in [0.1, 0.15) is 0 Å². The van der Waals surface area contributed by atoms with E-state index in [1.807, 2.05) is 0 Å². The molecule has 0 amide bonds. The molecule has 0 aliphatic carbocycles. The average molecular weight is 240 g/mol. The number of amidine groups is 1. The van der Waals surface area contributed by atoms with Gasteiger partial charge in [0.05, 0.1) is 12.4 Å². The molecule has 0 bridgehead atoms. The predicted molar refractivity (Wildman–Crippen MR) is 78.7 cm³/mol. The summed E-state index contributed by atoms with van der Waals surface area (Å²) >= 11 is 0. The minimum atomic E-state index is -0.0649. The van der Waals surface area contributed by atoms with Crippen LogP contribution in [0.2, 0.25) is 0 Å². The molecule has 0 aliphatic rings. The van der Waals surface area contributed by atoms with Gasteiger partial charge in [-0.1, -0.05) is 63.2 Å². The number of fused-ring (bicyclic) bond motifs is 1. The molecule has 0 saturated heterocycles. The zero-order valence-electron chi connectivity index (χ0n) is 11.3. The van der Waals surface area contributed by atoms with Gasteiger partial charge in [-0.05, 0) is 16.3 Å². The molecule has 2 aromatic carbocycles. The molecule has 0 unspecified atom stereocenters. The van der Waals surface area contributed by atoms with Crippen molar-refractivity contribution in [1.29, 1.82) is 0 Å². The number of hydrogen-bond acceptors (Lipinski definition) is 1. The van der Waals surface area contributed by atoms with Crippen LogP contribution in [0.15, 0.2) is 47.5 Å². The SMILES string of the molecule is CC(C)(C)C(N)=NCc1cccc2ccccc12. The molecule has 0 spiro atoms. The second kappa shape index (κ2) is 4.81. The van der Waals surface area contributed by atoms with Gasteiger partial charge in [0.15, 0.2) is 0 Å². The van der Waals surface area contributed by atoms with Crippen LogP contribution in [-0.4, -0.2) is 5.84 Å². The van der Waals surface area contributed by atoms with E-state index in [1.165, 1.54) is 16.3 Å². The van der Waals surface area contributed by atoms with E-state index in [0.717, 1.165) is 0 Å². The standard InChI is InChI=1S/C16H20N2/c1-16(2,3)15(17)18-11-13-9-6-8-12-7-4-5-10-14(12)13/h4-10H,11H2,1-3H3,(H2,17,18). The first kappa shape index (κ1) is 12.6. The molecule has 2 nitrogen and oxygen atoms in total. The van der Waals surface area contributed by atoms with Gasteiger partial charge in [-0.3, -0.25) is 4.99 Å². The Kier molecular flexibility index (Phi) is 3.37. The smallest absolute Gasteiger partial charge is 0.0995 e. The third-order valence-electron chi connectivity index (χ3n) is 3.07. The predicted octanol–water partition coefficient (Wildman–Crippen LogP) is 3.74. The summed E-state index contributed by atoms with van der Waals surface area (Å²) in [6, 6.07) is 14.7. The molecule has 2 N–H and O–H groups in total. The van der Waals surface area contributed by atoms with Crippen LogP contribution in [0.5, 0.6) is 0 Å². The Morgan fingerprint density at radius 3 is 2.44 bits per heavy atom. The van der Waals surface area contributed by atoms with Crippen molar-refractivity contribution in [2.24, 2.45) is 16.1 Å². The van der Waals surface area contributed by atoms with Crippen molar-refractivity contribution in [3.63, 3.8) is 0 Å². The van der Waals surface area contributed by atoms with Crippen molar-refractivity contribution in [2.45, 2.75) is 27.3 Å². The van der Waals surface area contributed by atoms with E-state index in [1.54, 1.807) is 0 Å². The van der Waals surface area contributed by atoms with E-state index in [0.29, 0.717) is 12.4 Å². The van der Waals surface area contributed by atoms with Crippen LogP contribution in [-0.2, 0) is 6.54 Å². The van der Waals surface area contributed by atoms with Gasteiger partial charge in [0, 0.05) is 5.41 Å². The Morgan fingerprint density at radius 1 is 1.06 bits per heavy atom. The maximum Gasteiger partial charge on any atom is 0.0995 e. The molecule has 94 valence electrons. The van der Waals surface area contributed by atoms with Crippen molar-refractivity contribution in [3.05, 3.63) is 48.0 Å². The monoisotopic (exact) mass is 240 g/mol. The fraction of sp³-hybridized carbons (Fsp3) is 0.312. The molecule has 0 heterocycles. The lowest BCUT2D eigenvalue weighted by Crippen LogP contribution is -2.28. The van der Waals surface area contributed by atoms with Crippen LogP contribution in [0.25, 0.3) is 10.8 Å². The van der Waals surface area contributed by atoms with Gasteiger partial charge < -0.3 is 5.73 Å². The molecule has 2 rings (SSSR count). The summed E-state index contributed by atoms with van der Waals surface area (Å²) in [6.07, 6.45) is 0. The summed E-state index contributed by atoms with van der Waals surface area (Å²) in [6.45, 7) is 6.88. The van der Waals surface area contributed by atoms with Crippen LogP contribution >= 0.6 is 0 Å². The highest BCUT2D eigenvalue weighted by Crippen LogP contribution is 2.20. The summed E-state index contributed by atoms with van der Waals surface area (Å²) in [5, 5.41) is 2.50. The Morgan fingerprint density at radius 2 is 1.72 bits per heavy atom. The van der Waals surface area contributed by atoms with E-state index < -0.39 is 0 Å². The lowest BCUT2D eigenvalue weighted by atomic mass is 9.95. The number of nitrogens with two attached hydrogens (primary N) is 1. The lowest BCUT2D eigenvalue weighted by molar-refractivity contribution is 0.581. The zero-order valence-corrected chi connectivity index (χ0v) is 11.3. The van der Waals surface area contributed by atoms with Crippen LogP contribution < -0.4 is 5.73 Å². The summed E-state index contributed by atoms with van der Waals surface area (Å²) in [5.41, 5.74) is 7.15. The number of aliphatic imine (C=N–C) groups is 1. The Balaban J connectivity index is 2.33. The lowest BCUT2D eigenvalue weighted by Gasteiger charge is -2.17. The van der Waals surface area contributed by atoms with E-state index in [4.69, 9.17) is 5.73 Å². The molecule has 0 fully saturated rings. The van der Waals surface area contributed by atoms with E-state index >= 15 is 0 Å².